The van der Waals surface area contributed by atoms with Crippen molar-refractivity contribution in [1.82, 2.24) is 10.3 Å². The van der Waals surface area contributed by atoms with Gasteiger partial charge in [-0.1, -0.05) is 0 Å². The number of aromatic nitrogens is 1. The zero-order chi connectivity index (χ0) is 14.2. The molecule has 108 valence electrons. The zero-order valence-electron chi connectivity index (χ0n) is 11.3. The second-order valence-electron chi connectivity index (χ2n) is 4.17. The summed E-state index contributed by atoms with van der Waals surface area (Å²) in [6.45, 7) is 2.84. The van der Waals surface area contributed by atoms with Crippen LogP contribution in [0.1, 0.15) is 10.6 Å². The number of methoxy groups -OCH3 is 1. The fourth-order valence-electron chi connectivity index (χ4n) is 1.58. The lowest BCUT2D eigenvalue weighted by Crippen LogP contribution is -2.19. The minimum absolute atomic E-state index is 0.573. The van der Waals surface area contributed by atoms with Crippen LogP contribution in [0.4, 0.5) is 0 Å². The van der Waals surface area contributed by atoms with Crippen LogP contribution < -0.4 is 10.1 Å². The monoisotopic (exact) mass is 356 g/mol. The molecular formula is C14H17BrN2O2S. The molecule has 6 heteroatoms. The van der Waals surface area contributed by atoms with Crippen LogP contribution >= 0.6 is 27.3 Å². The first-order valence-corrected chi connectivity index (χ1v) is 7.95. The van der Waals surface area contributed by atoms with Gasteiger partial charge in [-0.05, 0) is 34.1 Å². The Kier molecular flexibility index (Phi) is 6.46. The predicted molar refractivity (Wildman–Crippen MR) is 84.2 cm³/mol. The average Bonchev–Trinajstić information content (AvgIpc) is 2.88. The van der Waals surface area contributed by atoms with Gasteiger partial charge in [0.2, 0.25) is 0 Å². The van der Waals surface area contributed by atoms with Crippen molar-refractivity contribution < 1.29 is 9.47 Å². The molecule has 0 saturated heterocycles. The van der Waals surface area contributed by atoms with Crippen LogP contribution in [0.15, 0.2) is 34.2 Å². The number of pyridine rings is 1. The Balaban J connectivity index is 1.76. The van der Waals surface area contributed by atoms with Crippen LogP contribution in [-0.4, -0.2) is 25.2 Å². The Morgan fingerprint density at radius 1 is 1.40 bits per heavy atom. The van der Waals surface area contributed by atoms with Gasteiger partial charge < -0.3 is 14.8 Å². The number of nitrogens with one attached hydrogen (secondary N) is 1. The highest BCUT2D eigenvalue weighted by Gasteiger charge is 2.00. The average molecular weight is 357 g/mol. The van der Waals surface area contributed by atoms with E-state index in [-0.39, 0.29) is 0 Å². The Hall–Kier alpha value is -0.950. The largest absolute Gasteiger partial charge is 0.486 e. The maximum atomic E-state index is 5.69. The molecule has 4 nitrogen and oxygen atoms in total. The zero-order valence-corrected chi connectivity index (χ0v) is 13.7. The first-order chi connectivity index (χ1) is 9.78. The van der Waals surface area contributed by atoms with Crippen molar-refractivity contribution in [1.29, 1.82) is 0 Å². The number of hydrogen-bond donors (Lipinski definition) is 1. The lowest BCUT2D eigenvalue weighted by Gasteiger charge is -2.06. The lowest BCUT2D eigenvalue weighted by atomic mass is 10.3. The molecule has 0 amide bonds. The molecule has 2 rings (SSSR count). The molecule has 0 aliphatic rings. The van der Waals surface area contributed by atoms with Crippen molar-refractivity contribution in [3.63, 3.8) is 0 Å². The molecule has 1 N–H and O–H groups in total. The Morgan fingerprint density at radius 3 is 2.95 bits per heavy atom. The summed E-state index contributed by atoms with van der Waals surface area (Å²) in [4.78, 5) is 5.54. The third-order valence-electron chi connectivity index (χ3n) is 2.59. The molecule has 0 unspecified atom stereocenters. The van der Waals surface area contributed by atoms with Gasteiger partial charge in [0.1, 0.15) is 12.4 Å². The number of halogens is 1. The summed E-state index contributed by atoms with van der Waals surface area (Å²) < 4.78 is 11.8. The molecule has 20 heavy (non-hydrogen) atoms. The number of hydrogen-bond acceptors (Lipinski definition) is 5. The van der Waals surface area contributed by atoms with Crippen LogP contribution in [-0.2, 0) is 17.9 Å². The van der Waals surface area contributed by atoms with Crippen LogP contribution in [0.2, 0.25) is 0 Å². The van der Waals surface area contributed by atoms with E-state index < -0.39 is 0 Å². The smallest absolute Gasteiger partial charge is 0.138 e. The van der Waals surface area contributed by atoms with Gasteiger partial charge in [0.25, 0.3) is 0 Å². The SMILES string of the molecule is COCCNCc1ccc(OCc2cc(Br)cs2)cn1. The summed E-state index contributed by atoms with van der Waals surface area (Å²) in [5.41, 5.74) is 0.993. The molecule has 2 aromatic heterocycles. The topological polar surface area (TPSA) is 43.4 Å². The summed E-state index contributed by atoms with van der Waals surface area (Å²) in [5, 5.41) is 5.30. The first-order valence-electron chi connectivity index (χ1n) is 6.28. The van der Waals surface area contributed by atoms with Crippen LogP contribution in [0, 0.1) is 0 Å². The van der Waals surface area contributed by atoms with E-state index in [0.717, 1.165) is 29.0 Å². The van der Waals surface area contributed by atoms with Crippen molar-refractivity contribution in [3.8, 4) is 5.75 Å². The number of thiophene rings is 1. The van der Waals surface area contributed by atoms with Gasteiger partial charge in [-0.15, -0.1) is 11.3 Å². The van der Waals surface area contributed by atoms with Gasteiger partial charge in [-0.25, -0.2) is 0 Å². The summed E-state index contributed by atoms with van der Waals surface area (Å²) in [6, 6.07) is 5.98. The van der Waals surface area contributed by atoms with E-state index in [0.29, 0.717) is 13.2 Å². The number of ether oxygens (including phenoxy) is 2. The molecule has 0 aliphatic heterocycles. The fraction of sp³-hybridized carbons (Fsp3) is 0.357. The molecule has 0 fully saturated rings. The molecule has 0 radical (unpaired) electrons. The third kappa shape index (κ3) is 5.20. The molecule has 0 aliphatic carbocycles. The van der Waals surface area contributed by atoms with Crippen LogP contribution in [0.3, 0.4) is 0 Å². The minimum Gasteiger partial charge on any atom is -0.486 e. The molecule has 2 aromatic rings. The van der Waals surface area contributed by atoms with Crippen LogP contribution in [0.25, 0.3) is 0 Å². The third-order valence-corrected chi connectivity index (χ3v) is 4.26. The highest BCUT2D eigenvalue weighted by molar-refractivity contribution is 9.10. The van der Waals surface area contributed by atoms with Crippen molar-refractivity contribution in [3.05, 3.63) is 44.8 Å². The Labute approximate surface area is 131 Å². The van der Waals surface area contributed by atoms with Crippen molar-refractivity contribution in [2.24, 2.45) is 0 Å². The van der Waals surface area contributed by atoms with Gasteiger partial charge in [0.15, 0.2) is 0 Å². The maximum Gasteiger partial charge on any atom is 0.138 e. The quantitative estimate of drug-likeness (QED) is 0.737. The highest BCUT2D eigenvalue weighted by Crippen LogP contribution is 2.21. The minimum atomic E-state index is 0.573. The molecule has 0 bridgehead atoms. The summed E-state index contributed by atoms with van der Waals surface area (Å²) in [5.74, 6) is 0.787. The highest BCUT2D eigenvalue weighted by atomic mass is 79.9. The molecular weight excluding hydrogens is 340 g/mol. The normalized spacial score (nSPS) is 10.7. The van der Waals surface area contributed by atoms with Crippen molar-refractivity contribution >= 4 is 27.3 Å². The standard InChI is InChI=1S/C14H17BrN2O2S/c1-18-5-4-16-7-12-2-3-13(8-17-12)19-9-14-6-11(15)10-20-14/h2-3,6,8,10,16H,4-5,7,9H2,1H3. The summed E-state index contributed by atoms with van der Waals surface area (Å²) >= 11 is 5.10. The second-order valence-corrected chi connectivity index (χ2v) is 6.09. The Bertz CT molecular complexity index is 516. The second kappa shape index (κ2) is 8.36. The van der Waals surface area contributed by atoms with Crippen molar-refractivity contribution in [2.45, 2.75) is 13.2 Å². The fourth-order valence-corrected chi connectivity index (χ4v) is 2.94. The van der Waals surface area contributed by atoms with Gasteiger partial charge in [-0.3, -0.25) is 4.98 Å². The van der Waals surface area contributed by atoms with Gasteiger partial charge >= 0.3 is 0 Å². The number of nitrogens with zero attached hydrogens (tertiary/aromatic N) is 1. The molecule has 0 aromatic carbocycles. The summed E-state index contributed by atoms with van der Waals surface area (Å²) in [7, 11) is 1.69. The van der Waals surface area contributed by atoms with E-state index in [1.54, 1.807) is 24.6 Å². The first kappa shape index (κ1) is 15.4. The Morgan fingerprint density at radius 2 is 2.30 bits per heavy atom. The van der Waals surface area contributed by atoms with E-state index in [1.807, 2.05) is 17.5 Å². The maximum absolute atomic E-state index is 5.69. The van der Waals surface area contributed by atoms with Gasteiger partial charge in [-0.2, -0.15) is 0 Å². The predicted octanol–water partition coefficient (Wildman–Crippen LogP) is 3.22. The van der Waals surface area contributed by atoms with E-state index in [4.69, 9.17) is 9.47 Å². The van der Waals surface area contributed by atoms with E-state index in [1.165, 1.54) is 4.88 Å². The van der Waals surface area contributed by atoms with Gasteiger partial charge in [0, 0.05) is 34.9 Å². The van der Waals surface area contributed by atoms with Crippen molar-refractivity contribution in [2.75, 3.05) is 20.3 Å². The van der Waals surface area contributed by atoms with E-state index in [2.05, 4.69) is 32.3 Å². The molecule has 0 saturated carbocycles. The van der Waals surface area contributed by atoms with E-state index >= 15 is 0 Å². The van der Waals surface area contributed by atoms with Crippen LogP contribution in [0.5, 0.6) is 5.75 Å². The van der Waals surface area contributed by atoms with E-state index in [9.17, 15) is 0 Å². The summed E-state index contributed by atoms with van der Waals surface area (Å²) in [6.07, 6.45) is 1.76. The molecule has 2 heterocycles. The molecule has 0 atom stereocenters. The lowest BCUT2D eigenvalue weighted by molar-refractivity contribution is 0.199. The number of rotatable bonds is 8. The van der Waals surface area contributed by atoms with Gasteiger partial charge in [0.05, 0.1) is 18.5 Å². The molecule has 0 spiro atoms.